The third-order valence-corrected chi connectivity index (χ3v) is 3.37. The molecule has 1 unspecified atom stereocenters. The van der Waals surface area contributed by atoms with Crippen LogP contribution in [0.3, 0.4) is 0 Å². The highest BCUT2D eigenvalue weighted by molar-refractivity contribution is 5.61. The van der Waals surface area contributed by atoms with Gasteiger partial charge in [0.05, 0.1) is 31.5 Å². The van der Waals surface area contributed by atoms with Gasteiger partial charge >= 0.3 is 6.18 Å². The van der Waals surface area contributed by atoms with Crippen LogP contribution in [-0.2, 0) is 10.9 Å². The van der Waals surface area contributed by atoms with Crippen molar-refractivity contribution in [1.29, 1.82) is 0 Å². The van der Waals surface area contributed by atoms with E-state index >= 15 is 0 Å². The lowest BCUT2D eigenvalue weighted by Crippen LogP contribution is -2.36. The van der Waals surface area contributed by atoms with Gasteiger partial charge in [0.2, 0.25) is 0 Å². The van der Waals surface area contributed by atoms with Crippen LogP contribution in [0.2, 0.25) is 0 Å². The minimum atomic E-state index is -4.45. The Labute approximate surface area is 126 Å². The summed E-state index contributed by atoms with van der Waals surface area (Å²) in [5, 5.41) is 20.8. The van der Waals surface area contributed by atoms with Gasteiger partial charge in [0.25, 0.3) is 0 Å². The van der Waals surface area contributed by atoms with E-state index in [9.17, 15) is 18.3 Å². The Morgan fingerprint density at radius 1 is 1.23 bits per heavy atom. The zero-order chi connectivity index (χ0) is 16.2. The molecule has 0 aromatic heterocycles. The maximum atomic E-state index is 13.0. The second-order valence-electron chi connectivity index (χ2n) is 5.08. The first kappa shape index (κ1) is 16.9. The fourth-order valence-electron chi connectivity index (χ4n) is 2.18. The molecule has 5 nitrogen and oxygen atoms in total. The molecule has 1 heterocycles. The Kier molecular flexibility index (Phi) is 5.49. The van der Waals surface area contributed by atoms with Crippen LogP contribution in [-0.4, -0.2) is 55.8 Å². The van der Waals surface area contributed by atoms with E-state index in [1.165, 1.54) is 0 Å². The van der Waals surface area contributed by atoms with Crippen molar-refractivity contribution in [2.75, 3.05) is 49.7 Å². The van der Waals surface area contributed by atoms with Crippen LogP contribution in [0.15, 0.2) is 18.2 Å². The molecule has 0 saturated carbocycles. The molecule has 1 atom stereocenters. The summed E-state index contributed by atoms with van der Waals surface area (Å²) >= 11 is 0. The minimum absolute atomic E-state index is 0.0274. The van der Waals surface area contributed by atoms with Gasteiger partial charge in [-0.2, -0.15) is 13.2 Å². The number of benzene rings is 1. The molecule has 3 N–H and O–H groups in total. The average molecular weight is 320 g/mol. The molecule has 0 bridgehead atoms. The zero-order valence-electron chi connectivity index (χ0n) is 11.9. The summed E-state index contributed by atoms with van der Waals surface area (Å²) in [5.74, 6) is 0. The Hall–Kier alpha value is -1.51. The highest BCUT2D eigenvalue weighted by atomic mass is 19.4. The Balaban J connectivity index is 2.24. The lowest BCUT2D eigenvalue weighted by molar-refractivity contribution is -0.137. The normalized spacial score (nSPS) is 17.4. The lowest BCUT2D eigenvalue weighted by atomic mass is 10.1. The number of rotatable bonds is 5. The number of hydrogen-bond donors (Lipinski definition) is 3. The second-order valence-corrected chi connectivity index (χ2v) is 5.08. The van der Waals surface area contributed by atoms with Crippen molar-refractivity contribution < 1.29 is 28.1 Å². The zero-order valence-corrected chi connectivity index (χ0v) is 11.9. The third-order valence-electron chi connectivity index (χ3n) is 3.37. The molecule has 1 fully saturated rings. The fraction of sp³-hybridized carbons (Fsp3) is 0.571. The molecule has 1 aromatic carbocycles. The standard InChI is InChI=1S/C14H19F3N2O3/c15-14(16,17)10-5-11(18-8-13(21)9-20)7-12(6-10)19-1-3-22-4-2-19/h5-7,13,18,20-21H,1-4,8-9H2. The van der Waals surface area contributed by atoms with Gasteiger partial charge in [-0.1, -0.05) is 0 Å². The number of morpholine rings is 1. The monoisotopic (exact) mass is 320 g/mol. The molecular formula is C14H19F3N2O3. The largest absolute Gasteiger partial charge is 0.416 e. The van der Waals surface area contributed by atoms with E-state index in [2.05, 4.69) is 5.32 Å². The SMILES string of the molecule is OCC(O)CNc1cc(N2CCOCC2)cc(C(F)(F)F)c1. The number of hydrogen-bond acceptors (Lipinski definition) is 5. The Morgan fingerprint density at radius 2 is 1.91 bits per heavy atom. The van der Waals surface area contributed by atoms with Gasteiger partial charge in [0, 0.05) is 31.0 Å². The van der Waals surface area contributed by atoms with Crippen LogP contribution < -0.4 is 10.2 Å². The molecule has 124 valence electrons. The predicted octanol–water partition coefficient (Wildman–Crippen LogP) is 1.31. The Bertz CT molecular complexity index is 491. The molecule has 0 amide bonds. The van der Waals surface area contributed by atoms with Crippen LogP contribution in [0.25, 0.3) is 0 Å². The van der Waals surface area contributed by atoms with E-state index in [0.29, 0.717) is 32.0 Å². The molecule has 1 aromatic rings. The number of aliphatic hydroxyl groups is 2. The van der Waals surface area contributed by atoms with Crippen molar-refractivity contribution in [3.8, 4) is 0 Å². The molecule has 1 aliphatic rings. The van der Waals surface area contributed by atoms with Crippen molar-refractivity contribution in [3.63, 3.8) is 0 Å². The van der Waals surface area contributed by atoms with Gasteiger partial charge in [-0.25, -0.2) is 0 Å². The van der Waals surface area contributed by atoms with Gasteiger partial charge < -0.3 is 25.2 Å². The molecule has 1 saturated heterocycles. The van der Waals surface area contributed by atoms with E-state index in [1.807, 2.05) is 4.90 Å². The fourth-order valence-corrected chi connectivity index (χ4v) is 2.18. The highest BCUT2D eigenvalue weighted by Crippen LogP contribution is 2.34. The molecule has 0 aliphatic carbocycles. The summed E-state index contributed by atoms with van der Waals surface area (Å²) in [5.41, 5.74) is -0.0413. The summed E-state index contributed by atoms with van der Waals surface area (Å²) in [6, 6.07) is 3.71. The van der Waals surface area contributed by atoms with E-state index in [-0.39, 0.29) is 12.2 Å². The first-order valence-corrected chi connectivity index (χ1v) is 6.98. The number of ether oxygens (including phenoxy) is 1. The van der Waals surface area contributed by atoms with Crippen molar-refractivity contribution in [2.45, 2.75) is 12.3 Å². The van der Waals surface area contributed by atoms with Gasteiger partial charge in [-0.05, 0) is 18.2 Å². The molecule has 0 radical (unpaired) electrons. The van der Waals surface area contributed by atoms with Crippen LogP contribution in [0.5, 0.6) is 0 Å². The molecular weight excluding hydrogens is 301 g/mol. The number of anilines is 2. The molecule has 1 aliphatic heterocycles. The molecule has 22 heavy (non-hydrogen) atoms. The molecule has 0 spiro atoms. The quantitative estimate of drug-likeness (QED) is 0.763. The maximum Gasteiger partial charge on any atom is 0.416 e. The smallest absolute Gasteiger partial charge is 0.394 e. The van der Waals surface area contributed by atoms with Gasteiger partial charge in [0.1, 0.15) is 0 Å². The number of halogens is 3. The van der Waals surface area contributed by atoms with Gasteiger partial charge in [-0.15, -0.1) is 0 Å². The average Bonchev–Trinajstić information content (AvgIpc) is 2.52. The van der Waals surface area contributed by atoms with Crippen molar-refractivity contribution in [1.82, 2.24) is 0 Å². The third kappa shape index (κ3) is 4.49. The van der Waals surface area contributed by atoms with Crippen LogP contribution >= 0.6 is 0 Å². The van der Waals surface area contributed by atoms with E-state index in [1.54, 1.807) is 6.07 Å². The van der Waals surface area contributed by atoms with Gasteiger partial charge in [-0.3, -0.25) is 0 Å². The van der Waals surface area contributed by atoms with E-state index in [4.69, 9.17) is 9.84 Å². The first-order chi connectivity index (χ1) is 10.4. The highest BCUT2D eigenvalue weighted by Gasteiger charge is 2.32. The number of nitrogens with zero attached hydrogens (tertiary/aromatic N) is 1. The number of nitrogens with one attached hydrogen (secondary N) is 1. The second kappa shape index (κ2) is 7.17. The topological polar surface area (TPSA) is 65.0 Å². The summed E-state index contributed by atoms with van der Waals surface area (Å²) in [6.07, 6.45) is -5.48. The predicted molar refractivity (Wildman–Crippen MR) is 76.1 cm³/mol. The number of alkyl halides is 3. The number of aliphatic hydroxyl groups excluding tert-OH is 2. The van der Waals surface area contributed by atoms with Crippen molar-refractivity contribution in [2.24, 2.45) is 0 Å². The summed E-state index contributed by atoms with van der Waals surface area (Å²) in [7, 11) is 0. The first-order valence-electron chi connectivity index (χ1n) is 6.98. The summed E-state index contributed by atoms with van der Waals surface area (Å²) < 4.78 is 44.3. The minimum Gasteiger partial charge on any atom is -0.394 e. The van der Waals surface area contributed by atoms with Crippen LogP contribution in [0, 0.1) is 0 Å². The van der Waals surface area contributed by atoms with E-state index in [0.717, 1.165) is 12.1 Å². The van der Waals surface area contributed by atoms with E-state index < -0.39 is 24.5 Å². The van der Waals surface area contributed by atoms with Crippen molar-refractivity contribution >= 4 is 11.4 Å². The van der Waals surface area contributed by atoms with Gasteiger partial charge in [0.15, 0.2) is 0 Å². The molecule has 2 rings (SSSR count). The van der Waals surface area contributed by atoms with Crippen LogP contribution in [0.4, 0.5) is 24.5 Å². The molecule has 8 heteroatoms. The summed E-state index contributed by atoms with van der Waals surface area (Å²) in [4.78, 5) is 1.83. The maximum absolute atomic E-state index is 13.0. The lowest BCUT2D eigenvalue weighted by Gasteiger charge is -2.30. The summed E-state index contributed by atoms with van der Waals surface area (Å²) in [6.45, 7) is 1.52. The van der Waals surface area contributed by atoms with Crippen molar-refractivity contribution in [3.05, 3.63) is 23.8 Å². The Morgan fingerprint density at radius 3 is 2.50 bits per heavy atom. The van der Waals surface area contributed by atoms with Crippen LogP contribution in [0.1, 0.15) is 5.56 Å².